The minimum Gasteiger partial charge on any atom is -0.483 e. The molecule has 0 bridgehead atoms. The van der Waals surface area contributed by atoms with E-state index in [9.17, 15) is 9.59 Å². The highest BCUT2D eigenvalue weighted by Crippen LogP contribution is 2.21. The van der Waals surface area contributed by atoms with Gasteiger partial charge in [-0.25, -0.2) is 0 Å². The Bertz CT molecular complexity index is 645. The third-order valence-corrected chi connectivity index (χ3v) is 3.48. The van der Waals surface area contributed by atoms with Crippen LogP contribution in [0.15, 0.2) is 22.7 Å². The van der Waals surface area contributed by atoms with Crippen molar-refractivity contribution >= 4 is 44.6 Å². The molecule has 0 aliphatic rings. The van der Waals surface area contributed by atoms with Crippen LogP contribution in [0.3, 0.4) is 0 Å². The van der Waals surface area contributed by atoms with Crippen molar-refractivity contribution in [3.8, 4) is 5.75 Å². The first-order chi connectivity index (χ1) is 9.58. The van der Waals surface area contributed by atoms with E-state index in [0.29, 0.717) is 22.7 Å². The van der Waals surface area contributed by atoms with E-state index < -0.39 is 0 Å². The second-order valence-corrected chi connectivity index (χ2v) is 5.86. The Morgan fingerprint density at radius 2 is 2.30 bits per heavy atom. The fourth-order valence-electron chi connectivity index (χ4n) is 1.39. The van der Waals surface area contributed by atoms with E-state index in [0.717, 1.165) is 9.48 Å². The summed E-state index contributed by atoms with van der Waals surface area (Å²) >= 11 is 4.53. The minimum absolute atomic E-state index is 0.207. The van der Waals surface area contributed by atoms with E-state index in [1.165, 1.54) is 11.3 Å². The van der Waals surface area contributed by atoms with Crippen molar-refractivity contribution in [2.75, 3.05) is 11.9 Å². The van der Waals surface area contributed by atoms with Gasteiger partial charge in [-0.1, -0.05) is 27.3 Å². The van der Waals surface area contributed by atoms with Gasteiger partial charge < -0.3 is 4.74 Å². The smallest absolute Gasteiger partial charge is 0.264 e. The number of aromatic nitrogens is 2. The van der Waals surface area contributed by atoms with Gasteiger partial charge >= 0.3 is 0 Å². The Balaban J connectivity index is 1.95. The number of amides is 1. The Morgan fingerprint density at radius 3 is 2.95 bits per heavy atom. The summed E-state index contributed by atoms with van der Waals surface area (Å²) in [6, 6.07) is 4.97. The molecule has 0 unspecified atom stereocenters. The van der Waals surface area contributed by atoms with Crippen molar-refractivity contribution in [1.29, 1.82) is 0 Å². The molecule has 0 aliphatic carbocycles. The van der Waals surface area contributed by atoms with E-state index in [1.807, 2.05) is 0 Å². The standard InChI is InChI=1S/C12H10BrN3O3S/c1-7-15-16-12(20-7)14-11(18)6-19-10-3-2-9(13)4-8(10)5-17/h2-5H,6H2,1H3,(H,14,16,18). The zero-order chi connectivity index (χ0) is 14.5. The highest BCUT2D eigenvalue weighted by Gasteiger charge is 2.09. The zero-order valence-electron chi connectivity index (χ0n) is 10.4. The molecule has 0 saturated heterocycles. The molecule has 0 spiro atoms. The monoisotopic (exact) mass is 355 g/mol. The van der Waals surface area contributed by atoms with Crippen molar-refractivity contribution in [3.05, 3.63) is 33.2 Å². The number of ether oxygens (including phenoxy) is 1. The average molecular weight is 356 g/mol. The molecule has 20 heavy (non-hydrogen) atoms. The first kappa shape index (κ1) is 14.6. The maximum atomic E-state index is 11.7. The summed E-state index contributed by atoms with van der Waals surface area (Å²) in [5, 5.41) is 11.3. The number of rotatable bonds is 5. The predicted octanol–water partition coefficient (Wildman–Crippen LogP) is 2.44. The second kappa shape index (κ2) is 6.58. The lowest BCUT2D eigenvalue weighted by Gasteiger charge is -2.08. The molecule has 0 atom stereocenters. The lowest BCUT2D eigenvalue weighted by Crippen LogP contribution is -2.20. The van der Waals surface area contributed by atoms with Gasteiger partial charge in [0, 0.05) is 4.47 Å². The number of aryl methyl sites for hydroxylation is 1. The number of carbonyl (C=O) groups excluding carboxylic acids is 2. The van der Waals surface area contributed by atoms with Gasteiger partial charge in [-0.05, 0) is 25.1 Å². The van der Waals surface area contributed by atoms with Crippen LogP contribution < -0.4 is 10.1 Å². The number of hydrogen-bond acceptors (Lipinski definition) is 6. The molecule has 2 aromatic rings. The van der Waals surface area contributed by atoms with Gasteiger partial charge in [-0.2, -0.15) is 0 Å². The van der Waals surface area contributed by atoms with Gasteiger partial charge in [0.2, 0.25) is 5.13 Å². The fourth-order valence-corrected chi connectivity index (χ4v) is 2.38. The van der Waals surface area contributed by atoms with Crippen LogP contribution in [0, 0.1) is 6.92 Å². The van der Waals surface area contributed by atoms with Crippen molar-refractivity contribution in [2.24, 2.45) is 0 Å². The number of nitrogens with zero attached hydrogens (tertiary/aromatic N) is 2. The number of nitrogens with one attached hydrogen (secondary N) is 1. The number of halogens is 1. The van der Waals surface area contributed by atoms with Gasteiger partial charge in [-0.3, -0.25) is 14.9 Å². The third kappa shape index (κ3) is 3.84. The quantitative estimate of drug-likeness (QED) is 0.833. The van der Waals surface area contributed by atoms with Crippen LogP contribution in [0.4, 0.5) is 5.13 Å². The van der Waals surface area contributed by atoms with Gasteiger partial charge in [0.05, 0.1) is 5.56 Å². The minimum atomic E-state index is -0.360. The molecule has 0 saturated carbocycles. The molecule has 1 aromatic heterocycles. The number of benzene rings is 1. The van der Waals surface area contributed by atoms with Gasteiger partial charge in [0.15, 0.2) is 12.9 Å². The van der Waals surface area contributed by atoms with Crippen LogP contribution in [-0.2, 0) is 4.79 Å². The molecule has 1 N–H and O–H groups in total. The number of anilines is 1. The fraction of sp³-hybridized carbons (Fsp3) is 0.167. The summed E-state index contributed by atoms with van der Waals surface area (Å²) in [5.74, 6) is -0.00675. The molecule has 104 valence electrons. The molecule has 1 aromatic carbocycles. The number of hydrogen-bond donors (Lipinski definition) is 1. The number of aldehydes is 1. The van der Waals surface area contributed by atoms with Crippen LogP contribution in [0.5, 0.6) is 5.75 Å². The molecule has 8 heteroatoms. The van der Waals surface area contributed by atoms with Crippen LogP contribution >= 0.6 is 27.3 Å². The van der Waals surface area contributed by atoms with Crippen molar-refractivity contribution in [2.45, 2.75) is 6.92 Å². The Morgan fingerprint density at radius 1 is 1.50 bits per heavy atom. The summed E-state index contributed by atoms with van der Waals surface area (Å²) < 4.78 is 6.08. The maximum absolute atomic E-state index is 11.7. The second-order valence-electron chi connectivity index (χ2n) is 3.76. The lowest BCUT2D eigenvalue weighted by molar-refractivity contribution is -0.118. The van der Waals surface area contributed by atoms with E-state index >= 15 is 0 Å². The van der Waals surface area contributed by atoms with Crippen LogP contribution in [0.25, 0.3) is 0 Å². The van der Waals surface area contributed by atoms with Crippen molar-refractivity contribution in [3.63, 3.8) is 0 Å². The topological polar surface area (TPSA) is 81.2 Å². The lowest BCUT2D eigenvalue weighted by atomic mass is 10.2. The summed E-state index contributed by atoms with van der Waals surface area (Å²) in [4.78, 5) is 22.6. The van der Waals surface area contributed by atoms with Crippen molar-refractivity contribution in [1.82, 2.24) is 10.2 Å². The Labute approximate surface area is 127 Å². The van der Waals surface area contributed by atoms with Crippen LogP contribution in [0.1, 0.15) is 15.4 Å². The maximum Gasteiger partial charge on any atom is 0.264 e. The highest BCUT2D eigenvalue weighted by molar-refractivity contribution is 9.10. The zero-order valence-corrected chi connectivity index (χ0v) is 12.8. The van der Waals surface area contributed by atoms with E-state index in [4.69, 9.17) is 4.74 Å². The molecule has 1 amide bonds. The summed E-state index contributed by atoms with van der Waals surface area (Å²) in [5.41, 5.74) is 0.374. The normalized spacial score (nSPS) is 10.1. The van der Waals surface area contributed by atoms with Gasteiger partial charge in [0.1, 0.15) is 10.8 Å². The van der Waals surface area contributed by atoms with Crippen LogP contribution in [-0.4, -0.2) is 29.0 Å². The Kier molecular flexibility index (Phi) is 4.80. The summed E-state index contributed by atoms with van der Waals surface area (Å²) in [7, 11) is 0. The largest absolute Gasteiger partial charge is 0.483 e. The predicted molar refractivity (Wildman–Crippen MR) is 78.3 cm³/mol. The third-order valence-electron chi connectivity index (χ3n) is 2.23. The first-order valence-corrected chi connectivity index (χ1v) is 7.17. The van der Waals surface area contributed by atoms with Crippen LogP contribution in [0.2, 0.25) is 0 Å². The molecule has 0 fully saturated rings. The van der Waals surface area contributed by atoms with Crippen molar-refractivity contribution < 1.29 is 14.3 Å². The molecule has 6 nitrogen and oxygen atoms in total. The van der Waals surface area contributed by atoms with E-state index in [1.54, 1.807) is 25.1 Å². The summed E-state index contributed by atoms with van der Waals surface area (Å²) in [6.07, 6.45) is 0.673. The molecule has 2 rings (SSSR count). The average Bonchev–Trinajstić information content (AvgIpc) is 2.82. The molecule has 0 aliphatic heterocycles. The van der Waals surface area contributed by atoms with Gasteiger partial charge in [0.25, 0.3) is 5.91 Å². The molecular weight excluding hydrogens is 346 g/mol. The van der Waals surface area contributed by atoms with E-state index in [-0.39, 0.29) is 12.5 Å². The SMILES string of the molecule is Cc1nnc(NC(=O)COc2ccc(Br)cc2C=O)s1. The Hall–Kier alpha value is -1.80. The van der Waals surface area contributed by atoms with E-state index in [2.05, 4.69) is 31.4 Å². The highest BCUT2D eigenvalue weighted by atomic mass is 79.9. The molecular formula is C12H10BrN3O3S. The first-order valence-electron chi connectivity index (χ1n) is 5.56. The number of carbonyl (C=O) groups is 2. The van der Waals surface area contributed by atoms with Gasteiger partial charge in [-0.15, -0.1) is 10.2 Å². The molecule has 0 radical (unpaired) electrons. The summed E-state index contributed by atoms with van der Waals surface area (Å²) in [6.45, 7) is 1.59. The molecule has 1 heterocycles.